The lowest BCUT2D eigenvalue weighted by Gasteiger charge is -2.11. The van der Waals surface area contributed by atoms with Gasteiger partial charge in [-0.25, -0.2) is 0 Å². The molecule has 1 atom stereocenters. The zero-order chi connectivity index (χ0) is 9.26. The number of nitrogens with zero attached hydrogens (tertiary/aromatic N) is 1. The van der Waals surface area contributed by atoms with Crippen LogP contribution in [0.1, 0.15) is 45.4 Å². The van der Waals surface area contributed by atoms with Crippen LogP contribution in [-0.4, -0.2) is 11.9 Å². The zero-order valence-corrected chi connectivity index (χ0v) is 8.50. The molecule has 0 spiro atoms. The van der Waals surface area contributed by atoms with Gasteiger partial charge < -0.3 is 5.73 Å². The lowest BCUT2D eigenvalue weighted by atomic mass is 10.1. The van der Waals surface area contributed by atoms with E-state index < -0.39 is 0 Å². The number of hydrogen-bond acceptors (Lipinski definition) is 1. The van der Waals surface area contributed by atoms with Crippen molar-refractivity contribution in [3.8, 4) is 0 Å². The predicted molar refractivity (Wildman–Crippen MR) is 55.8 cm³/mol. The molecule has 0 bridgehead atoms. The van der Waals surface area contributed by atoms with E-state index in [4.69, 9.17) is 5.73 Å². The average Bonchev–Trinajstić information content (AvgIpc) is 2.81. The molecular weight excluding hydrogens is 160 g/mol. The Labute approximate surface area is 80.6 Å². The molecule has 2 N–H and O–H groups in total. The molecule has 2 aliphatic rings. The van der Waals surface area contributed by atoms with E-state index in [0.717, 1.165) is 11.8 Å². The van der Waals surface area contributed by atoms with E-state index in [-0.39, 0.29) is 0 Å². The smallest absolute Gasteiger partial charge is 0.0971 e. The molecular formula is C11H20N2. The van der Waals surface area contributed by atoms with Crippen LogP contribution in [0.2, 0.25) is 0 Å². The van der Waals surface area contributed by atoms with E-state index in [0.29, 0.717) is 12.0 Å². The van der Waals surface area contributed by atoms with Gasteiger partial charge in [0.2, 0.25) is 0 Å². The number of amidine groups is 1. The van der Waals surface area contributed by atoms with Crippen molar-refractivity contribution in [2.45, 2.75) is 51.5 Å². The summed E-state index contributed by atoms with van der Waals surface area (Å²) in [6.07, 6.45) is 7.96. The summed E-state index contributed by atoms with van der Waals surface area (Å²) in [6, 6.07) is 0.487. The lowest BCUT2D eigenvalue weighted by Crippen LogP contribution is -2.23. The first-order chi connectivity index (χ1) is 6.27. The molecule has 1 unspecified atom stereocenters. The summed E-state index contributed by atoms with van der Waals surface area (Å²) in [5.74, 6) is 2.40. The minimum atomic E-state index is 0.487. The fourth-order valence-corrected chi connectivity index (χ4v) is 2.25. The van der Waals surface area contributed by atoms with E-state index in [1.54, 1.807) is 0 Å². The van der Waals surface area contributed by atoms with Crippen LogP contribution < -0.4 is 5.73 Å². The van der Waals surface area contributed by atoms with Crippen molar-refractivity contribution >= 4 is 5.84 Å². The maximum atomic E-state index is 6.00. The first-order valence-corrected chi connectivity index (χ1v) is 5.60. The number of rotatable bonds is 3. The van der Waals surface area contributed by atoms with E-state index in [9.17, 15) is 0 Å². The van der Waals surface area contributed by atoms with Crippen LogP contribution in [0, 0.1) is 11.8 Å². The Bertz CT molecular complexity index is 200. The van der Waals surface area contributed by atoms with Gasteiger partial charge in [-0.05, 0) is 38.5 Å². The van der Waals surface area contributed by atoms with Crippen molar-refractivity contribution in [2.24, 2.45) is 22.6 Å². The Morgan fingerprint density at radius 3 is 2.38 bits per heavy atom. The van der Waals surface area contributed by atoms with Crippen LogP contribution >= 0.6 is 0 Å². The molecule has 0 amide bonds. The summed E-state index contributed by atoms with van der Waals surface area (Å²) in [4.78, 5) is 4.62. The molecule has 0 saturated heterocycles. The molecule has 2 rings (SSSR count). The van der Waals surface area contributed by atoms with Gasteiger partial charge in [-0.15, -0.1) is 0 Å². The quantitative estimate of drug-likeness (QED) is 0.525. The summed E-state index contributed by atoms with van der Waals surface area (Å²) in [5, 5.41) is 0. The highest BCUT2D eigenvalue weighted by atomic mass is 14.9. The summed E-state index contributed by atoms with van der Waals surface area (Å²) < 4.78 is 0. The normalized spacial score (nSPS) is 27.9. The Morgan fingerprint density at radius 1 is 1.23 bits per heavy atom. The lowest BCUT2D eigenvalue weighted by molar-refractivity contribution is 0.631. The molecule has 0 aromatic carbocycles. The fourth-order valence-electron chi connectivity index (χ4n) is 2.25. The average molecular weight is 180 g/mol. The van der Waals surface area contributed by atoms with Gasteiger partial charge in [0, 0.05) is 5.92 Å². The maximum absolute atomic E-state index is 6.00. The third-order valence-electron chi connectivity index (χ3n) is 3.43. The molecule has 0 aliphatic heterocycles. The molecule has 2 heteroatoms. The van der Waals surface area contributed by atoms with E-state index in [1.165, 1.54) is 38.5 Å². The van der Waals surface area contributed by atoms with E-state index >= 15 is 0 Å². The van der Waals surface area contributed by atoms with Gasteiger partial charge in [0.05, 0.1) is 11.9 Å². The Hall–Kier alpha value is -0.530. The fraction of sp³-hybridized carbons (Fsp3) is 0.909. The van der Waals surface area contributed by atoms with Gasteiger partial charge in [-0.2, -0.15) is 0 Å². The van der Waals surface area contributed by atoms with E-state index in [1.807, 2.05) is 0 Å². The van der Waals surface area contributed by atoms with Crippen LogP contribution in [-0.2, 0) is 0 Å². The summed E-state index contributed by atoms with van der Waals surface area (Å²) in [5.41, 5.74) is 6.00. The third kappa shape index (κ3) is 2.23. The van der Waals surface area contributed by atoms with Gasteiger partial charge in [0.25, 0.3) is 0 Å². The third-order valence-corrected chi connectivity index (χ3v) is 3.43. The molecule has 13 heavy (non-hydrogen) atoms. The van der Waals surface area contributed by atoms with Crippen LogP contribution in [0.3, 0.4) is 0 Å². The second kappa shape index (κ2) is 3.69. The predicted octanol–water partition coefficient (Wildman–Crippen LogP) is 2.33. The standard InChI is InChI=1S/C11H20N2/c1-8(9-6-7-9)13-11(12)10-4-2-3-5-10/h8-10H,2-7H2,1H3,(H2,12,13). The molecule has 74 valence electrons. The van der Waals surface area contributed by atoms with Crippen molar-refractivity contribution in [3.05, 3.63) is 0 Å². The number of hydrogen-bond donors (Lipinski definition) is 1. The molecule has 2 nitrogen and oxygen atoms in total. The van der Waals surface area contributed by atoms with Crippen molar-refractivity contribution in [1.82, 2.24) is 0 Å². The van der Waals surface area contributed by atoms with Crippen LogP contribution in [0.15, 0.2) is 4.99 Å². The van der Waals surface area contributed by atoms with Crippen molar-refractivity contribution in [1.29, 1.82) is 0 Å². The molecule has 0 heterocycles. The Morgan fingerprint density at radius 2 is 1.85 bits per heavy atom. The first kappa shape index (κ1) is 9.04. The topological polar surface area (TPSA) is 38.4 Å². The minimum Gasteiger partial charge on any atom is -0.387 e. The second-order valence-corrected chi connectivity index (χ2v) is 4.61. The molecule has 2 saturated carbocycles. The molecule has 2 aliphatic carbocycles. The van der Waals surface area contributed by atoms with Crippen LogP contribution in [0.25, 0.3) is 0 Å². The highest BCUT2D eigenvalue weighted by Crippen LogP contribution is 2.34. The highest BCUT2D eigenvalue weighted by molar-refractivity contribution is 5.83. The minimum absolute atomic E-state index is 0.487. The first-order valence-electron chi connectivity index (χ1n) is 5.60. The van der Waals surface area contributed by atoms with Gasteiger partial charge in [0.1, 0.15) is 0 Å². The second-order valence-electron chi connectivity index (χ2n) is 4.61. The molecule has 0 aromatic heterocycles. The van der Waals surface area contributed by atoms with Gasteiger partial charge in [-0.3, -0.25) is 4.99 Å². The molecule has 0 radical (unpaired) electrons. The zero-order valence-electron chi connectivity index (χ0n) is 8.50. The van der Waals surface area contributed by atoms with Gasteiger partial charge in [-0.1, -0.05) is 12.8 Å². The largest absolute Gasteiger partial charge is 0.387 e. The van der Waals surface area contributed by atoms with Crippen LogP contribution in [0.5, 0.6) is 0 Å². The van der Waals surface area contributed by atoms with Gasteiger partial charge >= 0.3 is 0 Å². The number of aliphatic imine (C=N–C) groups is 1. The number of nitrogens with two attached hydrogens (primary N) is 1. The highest BCUT2D eigenvalue weighted by Gasteiger charge is 2.28. The van der Waals surface area contributed by atoms with E-state index in [2.05, 4.69) is 11.9 Å². The monoisotopic (exact) mass is 180 g/mol. The summed E-state index contributed by atoms with van der Waals surface area (Å²) >= 11 is 0. The summed E-state index contributed by atoms with van der Waals surface area (Å²) in [7, 11) is 0. The summed E-state index contributed by atoms with van der Waals surface area (Å²) in [6.45, 7) is 2.21. The van der Waals surface area contributed by atoms with Crippen LogP contribution in [0.4, 0.5) is 0 Å². The maximum Gasteiger partial charge on any atom is 0.0971 e. The Balaban J connectivity index is 1.89. The Kier molecular flexibility index (Phi) is 2.56. The molecule has 2 fully saturated rings. The van der Waals surface area contributed by atoms with Gasteiger partial charge in [0.15, 0.2) is 0 Å². The van der Waals surface area contributed by atoms with Crippen molar-refractivity contribution < 1.29 is 0 Å². The SMILES string of the molecule is CC(N=C(N)C1CCCC1)C1CC1. The van der Waals surface area contributed by atoms with Crippen molar-refractivity contribution in [2.75, 3.05) is 0 Å². The molecule has 0 aromatic rings. The van der Waals surface area contributed by atoms with Crippen molar-refractivity contribution in [3.63, 3.8) is 0 Å².